The molecule has 2 aromatic carbocycles. The van der Waals surface area contributed by atoms with Crippen molar-refractivity contribution in [3.63, 3.8) is 0 Å². The number of hydrogen-bond acceptors (Lipinski definition) is 3. The highest BCUT2D eigenvalue weighted by Crippen LogP contribution is 2.52. The molecule has 43 heavy (non-hydrogen) atoms. The van der Waals surface area contributed by atoms with Crippen molar-refractivity contribution < 1.29 is 14.4 Å². The van der Waals surface area contributed by atoms with Gasteiger partial charge in [-0.1, -0.05) is 68.7 Å². The van der Waals surface area contributed by atoms with Crippen LogP contribution in [0, 0.1) is 0 Å². The van der Waals surface area contributed by atoms with Gasteiger partial charge in [0.15, 0.2) is 0 Å². The van der Waals surface area contributed by atoms with Crippen LogP contribution in [0.15, 0.2) is 54.7 Å². The number of piperidine rings is 1. The van der Waals surface area contributed by atoms with Crippen molar-refractivity contribution in [2.45, 2.75) is 87.6 Å². The van der Waals surface area contributed by atoms with Crippen LogP contribution >= 0.6 is 0 Å². The predicted octanol–water partition coefficient (Wildman–Crippen LogP) is 5.41. The minimum Gasteiger partial charge on any atom is -0.361 e. The Balaban J connectivity index is 1.22. The van der Waals surface area contributed by atoms with Gasteiger partial charge in [0.25, 0.3) is 0 Å². The van der Waals surface area contributed by atoms with E-state index >= 15 is 0 Å². The molecule has 0 bridgehead atoms. The molecule has 6 rings (SSSR count). The Morgan fingerprint density at radius 1 is 0.977 bits per heavy atom. The number of benzene rings is 2. The minimum absolute atomic E-state index is 0.0429. The van der Waals surface area contributed by atoms with Crippen LogP contribution in [-0.4, -0.2) is 71.9 Å². The summed E-state index contributed by atoms with van der Waals surface area (Å²) in [4.78, 5) is 47.7. The molecule has 0 radical (unpaired) electrons. The molecule has 1 spiro atoms. The molecule has 3 N–H and O–H groups in total. The molecule has 1 saturated carbocycles. The first kappa shape index (κ1) is 29.3. The van der Waals surface area contributed by atoms with Gasteiger partial charge in [0.2, 0.25) is 11.8 Å². The molecule has 3 aromatic rings. The number of nitrogens with zero attached hydrogens (tertiary/aromatic N) is 2. The average molecular weight is 584 g/mol. The lowest BCUT2D eigenvalue weighted by Gasteiger charge is -2.42. The molecule has 3 atom stereocenters. The first-order valence-electron chi connectivity index (χ1n) is 16.0. The van der Waals surface area contributed by atoms with Crippen LogP contribution in [0.1, 0.15) is 86.8 Å². The van der Waals surface area contributed by atoms with E-state index in [9.17, 15) is 14.4 Å². The number of fused-ring (bicyclic) bond motifs is 3. The summed E-state index contributed by atoms with van der Waals surface area (Å²) in [5.41, 5.74) is 4.32. The van der Waals surface area contributed by atoms with Crippen molar-refractivity contribution in [2.75, 3.05) is 27.2 Å². The number of hydrogen-bond donors (Lipinski definition) is 3. The average Bonchev–Trinajstić information content (AvgIpc) is 3.60. The quantitative estimate of drug-likeness (QED) is 0.362. The molecule has 1 unspecified atom stereocenters. The van der Waals surface area contributed by atoms with Gasteiger partial charge in [0.05, 0.1) is 5.92 Å². The van der Waals surface area contributed by atoms with Crippen molar-refractivity contribution in [1.29, 1.82) is 0 Å². The van der Waals surface area contributed by atoms with Gasteiger partial charge in [-0.25, -0.2) is 4.79 Å². The van der Waals surface area contributed by atoms with Crippen LogP contribution in [0.4, 0.5) is 4.79 Å². The third-order valence-corrected chi connectivity index (χ3v) is 10.4. The number of amides is 4. The number of rotatable bonds is 6. The van der Waals surface area contributed by atoms with Crippen molar-refractivity contribution in [3.05, 3.63) is 71.4 Å². The summed E-state index contributed by atoms with van der Waals surface area (Å²) in [6, 6.07) is 15.6. The maximum absolute atomic E-state index is 14.3. The van der Waals surface area contributed by atoms with Gasteiger partial charge in [-0.2, -0.15) is 0 Å². The fourth-order valence-electron chi connectivity index (χ4n) is 7.92. The molecule has 2 heterocycles. The predicted molar refractivity (Wildman–Crippen MR) is 169 cm³/mol. The number of urea groups is 1. The zero-order valence-electron chi connectivity index (χ0n) is 25.7. The maximum Gasteiger partial charge on any atom is 0.315 e. The number of carbonyl (C=O) groups is 3. The molecule has 4 amide bonds. The summed E-state index contributed by atoms with van der Waals surface area (Å²) in [6.07, 6.45) is 9.78. The number of likely N-dealkylation sites (tertiary alicyclic amines) is 1. The minimum atomic E-state index is -0.698. The number of likely N-dealkylation sites (N-methyl/N-ethyl adjacent to an activating group) is 1. The van der Waals surface area contributed by atoms with Crippen LogP contribution in [0.3, 0.4) is 0 Å². The molecule has 1 aliphatic heterocycles. The summed E-state index contributed by atoms with van der Waals surface area (Å²) >= 11 is 0. The standard InChI is InChI=1S/C35H45N5O3/c1-23(28-22-36-30-16-10-8-14-26(28)30)31(38-34(43)37-24-11-5-4-6-12-24)33(42)40-19-17-35(18-20-40)21-27(32(41)39(2)3)25-13-7-9-15-29(25)35/h7-10,13-16,22-24,27,31,36H,4-6,11-12,17-21H2,1-3H3,(H2,37,38,43)/t23-,27+,31?/m0/s1. The third-order valence-electron chi connectivity index (χ3n) is 10.4. The van der Waals surface area contributed by atoms with Crippen molar-refractivity contribution in [2.24, 2.45) is 0 Å². The normalized spacial score (nSPS) is 21.3. The number of para-hydroxylation sites is 1. The lowest BCUT2D eigenvalue weighted by atomic mass is 9.73. The van der Waals surface area contributed by atoms with Gasteiger partial charge < -0.3 is 25.4 Å². The summed E-state index contributed by atoms with van der Waals surface area (Å²) < 4.78 is 0. The molecule has 1 saturated heterocycles. The Bertz CT molecular complexity index is 1480. The van der Waals surface area contributed by atoms with Gasteiger partial charge in [-0.15, -0.1) is 0 Å². The molecular formula is C35H45N5O3. The van der Waals surface area contributed by atoms with E-state index < -0.39 is 6.04 Å². The second-order valence-electron chi connectivity index (χ2n) is 13.2. The summed E-state index contributed by atoms with van der Waals surface area (Å²) in [7, 11) is 3.65. The van der Waals surface area contributed by atoms with Gasteiger partial charge in [0.1, 0.15) is 6.04 Å². The maximum atomic E-state index is 14.3. The number of aromatic amines is 1. The SMILES string of the molecule is C[C@@H](c1c[nH]c2ccccc12)C(NC(=O)NC1CCCCC1)C(=O)N1CCC2(CC1)C[C@@H](C(=O)N(C)C)c1ccccc12. The second kappa shape index (κ2) is 12.1. The zero-order valence-corrected chi connectivity index (χ0v) is 25.7. The Hall–Kier alpha value is -3.81. The van der Waals surface area contributed by atoms with Crippen LogP contribution in [0.2, 0.25) is 0 Å². The van der Waals surface area contributed by atoms with Crippen LogP contribution in [0.5, 0.6) is 0 Å². The van der Waals surface area contributed by atoms with Gasteiger partial charge in [-0.05, 0) is 54.9 Å². The smallest absolute Gasteiger partial charge is 0.315 e. The van der Waals surface area contributed by atoms with E-state index in [0.717, 1.165) is 67.0 Å². The fourth-order valence-corrected chi connectivity index (χ4v) is 7.92. The van der Waals surface area contributed by atoms with Crippen molar-refractivity contribution in [1.82, 2.24) is 25.4 Å². The van der Waals surface area contributed by atoms with Gasteiger partial charge >= 0.3 is 6.03 Å². The Morgan fingerprint density at radius 2 is 1.67 bits per heavy atom. The molecule has 8 nitrogen and oxygen atoms in total. The van der Waals surface area contributed by atoms with Crippen LogP contribution in [0.25, 0.3) is 10.9 Å². The monoisotopic (exact) mass is 583 g/mol. The van der Waals surface area contributed by atoms with Gasteiger partial charge in [-0.3, -0.25) is 9.59 Å². The van der Waals surface area contributed by atoms with Crippen LogP contribution in [-0.2, 0) is 15.0 Å². The molecule has 3 aliphatic rings. The van der Waals surface area contributed by atoms with E-state index in [1.165, 1.54) is 12.0 Å². The zero-order chi connectivity index (χ0) is 30.1. The largest absolute Gasteiger partial charge is 0.361 e. The van der Waals surface area contributed by atoms with Crippen molar-refractivity contribution in [3.8, 4) is 0 Å². The van der Waals surface area contributed by atoms with E-state index in [-0.39, 0.29) is 41.1 Å². The molecular weight excluding hydrogens is 538 g/mol. The highest BCUT2D eigenvalue weighted by Gasteiger charge is 2.49. The highest BCUT2D eigenvalue weighted by atomic mass is 16.2. The van der Waals surface area contributed by atoms with E-state index in [1.807, 2.05) is 56.4 Å². The highest BCUT2D eigenvalue weighted by molar-refractivity contribution is 5.90. The Labute approximate surface area is 254 Å². The van der Waals surface area contributed by atoms with E-state index in [0.29, 0.717) is 13.1 Å². The second-order valence-corrected chi connectivity index (χ2v) is 13.2. The number of aromatic nitrogens is 1. The lowest BCUT2D eigenvalue weighted by molar-refractivity contribution is -0.136. The van der Waals surface area contributed by atoms with Crippen molar-refractivity contribution >= 4 is 28.7 Å². The number of carbonyl (C=O) groups excluding carboxylic acids is 3. The molecule has 2 aliphatic carbocycles. The van der Waals surface area contributed by atoms with Gasteiger partial charge in [0, 0.05) is 61.7 Å². The number of nitrogens with one attached hydrogen (secondary N) is 3. The molecule has 8 heteroatoms. The lowest BCUT2D eigenvalue weighted by Crippen LogP contribution is -2.56. The topological polar surface area (TPSA) is 97.5 Å². The molecule has 228 valence electrons. The van der Waals surface area contributed by atoms with E-state index in [4.69, 9.17) is 0 Å². The summed E-state index contributed by atoms with van der Waals surface area (Å²) in [6.45, 7) is 3.23. The number of H-pyrrole nitrogens is 1. The van der Waals surface area contributed by atoms with E-state index in [1.54, 1.807) is 4.90 Å². The molecule has 2 fully saturated rings. The Morgan fingerprint density at radius 3 is 2.42 bits per heavy atom. The third kappa shape index (κ3) is 5.64. The summed E-state index contributed by atoms with van der Waals surface area (Å²) in [5.74, 6) is -0.276. The summed E-state index contributed by atoms with van der Waals surface area (Å²) in [5, 5.41) is 7.34. The van der Waals surface area contributed by atoms with Crippen LogP contribution < -0.4 is 10.6 Å². The van der Waals surface area contributed by atoms with E-state index in [2.05, 4.69) is 39.9 Å². The molecule has 1 aromatic heterocycles. The Kier molecular flexibility index (Phi) is 8.21. The first-order chi connectivity index (χ1) is 20.8. The first-order valence-corrected chi connectivity index (χ1v) is 16.0. The fraction of sp³-hybridized carbons (Fsp3) is 0.514.